The molecule has 0 spiro atoms. The van der Waals surface area contributed by atoms with E-state index in [2.05, 4.69) is 207 Å². The first-order valence-corrected chi connectivity index (χ1v) is 20.8. The zero-order chi connectivity index (χ0) is 38.5. The Balaban J connectivity index is 1.05. The molecule has 0 bridgehead atoms. The summed E-state index contributed by atoms with van der Waals surface area (Å²) in [4.78, 5) is 2.38. The van der Waals surface area contributed by atoms with E-state index in [4.69, 9.17) is 4.42 Å². The number of benzene rings is 9. The monoisotopic (exact) mass is 759 g/mol. The van der Waals surface area contributed by atoms with Crippen LogP contribution in [0.25, 0.3) is 86.3 Å². The van der Waals surface area contributed by atoms with Gasteiger partial charge in [0.25, 0.3) is 0 Å². The molecule has 0 saturated heterocycles. The molecule has 0 saturated carbocycles. The summed E-state index contributed by atoms with van der Waals surface area (Å²) in [5, 5.41) is 7.30. The van der Waals surface area contributed by atoms with Crippen LogP contribution in [-0.4, -0.2) is 0 Å². The first kappa shape index (κ1) is 33.2. The number of thiophene rings is 1. The largest absolute Gasteiger partial charge is 0.456 e. The molecule has 9 aromatic carbocycles. The smallest absolute Gasteiger partial charge is 0.137 e. The summed E-state index contributed by atoms with van der Waals surface area (Å²) >= 11 is 1.86. The molecule has 2 nitrogen and oxygen atoms in total. The quantitative estimate of drug-likeness (QED) is 0.174. The highest BCUT2D eigenvalue weighted by atomic mass is 32.1. The van der Waals surface area contributed by atoms with Crippen LogP contribution in [0.4, 0.5) is 17.1 Å². The summed E-state index contributed by atoms with van der Waals surface area (Å²) in [7, 11) is 0. The molecule has 0 atom stereocenters. The van der Waals surface area contributed by atoms with E-state index in [1.165, 1.54) is 75.5 Å². The van der Waals surface area contributed by atoms with Crippen LogP contribution >= 0.6 is 11.3 Å². The van der Waals surface area contributed by atoms with E-state index in [0.717, 1.165) is 39.0 Å². The third kappa shape index (κ3) is 4.90. The fourth-order valence-electron chi connectivity index (χ4n) is 9.70. The third-order valence-electron chi connectivity index (χ3n) is 12.5. The molecule has 2 heterocycles. The van der Waals surface area contributed by atoms with Gasteiger partial charge in [-0.2, -0.15) is 0 Å². The second-order valence-corrected chi connectivity index (χ2v) is 17.1. The Morgan fingerprint density at radius 1 is 0.397 bits per heavy atom. The molecular weight excluding hydrogens is 723 g/mol. The van der Waals surface area contributed by atoms with Crippen molar-refractivity contribution >= 4 is 81.3 Å². The molecule has 0 amide bonds. The van der Waals surface area contributed by atoms with Gasteiger partial charge in [0.1, 0.15) is 11.2 Å². The molecule has 274 valence electrons. The van der Waals surface area contributed by atoms with Crippen molar-refractivity contribution in [2.24, 2.45) is 0 Å². The maximum Gasteiger partial charge on any atom is 0.137 e. The lowest BCUT2D eigenvalue weighted by atomic mass is 9.82. The van der Waals surface area contributed by atoms with Crippen LogP contribution in [-0.2, 0) is 5.41 Å². The van der Waals surface area contributed by atoms with E-state index in [1.54, 1.807) is 0 Å². The number of anilines is 3. The van der Waals surface area contributed by atoms with Gasteiger partial charge in [0.2, 0.25) is 0 Å². The Bertz CT molecular complexity index is 3420. The van der Waals surface area contributed by atoms with Crippen LogP contribution in [0.1, 0.15) is 25.0 Å². The Hall–Kier alpha value is -6.94. The number of nitrogens with zero attached hydrogens (tertiary/aromatic N) is 1. The van der Waals surface area contributed by atoms with Gasteiger partial charge in [0.05, 0.1) is 0 Å². The average molecular weight is 760 g/mol. The van der Waals surface area contributed by atoms with Gasteiger partial charge in [-0.25, -0.2) is 0 Å². The minimum atomic E-state index is -0.119. The van der Waals surface area contributed by atoms with Crippen LogP contribution in [0, 0.1) is 0 Å². The lowest BCUT2D eigenvalue weighted by molar-refractivity contribution is 0.660. The zero-order valence-electron chi connectivity index (χ0n) is 32.2. The minimum Gasteiger partial charge on any atom is -0.456 e. The Labute approximate surface area is 340 Å². The third-order valence-corrected chi connectivity index (χ3v) is 13.6. The highest BCUT2D eigenvalue weighted by Crippen LogP contribution is 2.51. The lowest BCUT2D eigenvalue weighted by Crippen LogP contribution is -2.16. The molecule has 12 rings (SSSR count). The van der Waals surface area contributed by atoms with E-state index in [9.17, 15) is 0 Å². The molecule has 3 heteroatoms. The van der Waals surface area contributed by atoms with E-state index < -0.39 is 0 Å². The van der Waals surface area contributed by atoms with Crippen molar-refractivity contribution < 1.29 is 4.42 Å². The molecule has 0 N–H and O–H groups in total. The van der Waals surface area contributed by atoms with Crippen LogP contribution in [0.3, 0.4) is 0 Å². The average Bonchev–Trinajstić information content (AvgIpc) is 3.91. The van der Waals surface area contributed by atoms with Crippen molar-refractivity contribution in [2.75, 3.05) is 4.90 Å². The van der Waals surface area contributed by atoms with Gasteiger partial charge in [-0.15, -0.1) is 11.3 Å². The van der Waals surface area contributed by atoms with Gasteiger partial charge in [-0.3, -0.25) is 0 Å². The highest BCUT2D eigenvalue weighted by Gasteiger charge is 2.35. The summed E-state index contributed by atoms with van der Waals surface area (Å²) in [5.41, 5.74) is 15.1. The summed E-state index contributed by atoms with van der Waals surface area (Å²) < 4.78 is 9.58. The summed E-state index contributed by atoms with van der Waals surface area (Å²) in [6.07, 6.45) is 0. The van der Waals surface area contributed by atoms with Crippen molar-refractivity contribution in [3.05, 3.63) is 199 Å². The predicted octanol–water partition coefficient (Wildman–Crippen LogP) is 16.2. The first-order chi connectivity index (χ1) is 28.5. The van der Waals surface area contributed by atoms with Crippen molar-refractivity contribution in [1.29, 1.82) is 0 Å². The minimum absolute atomic E-state index is 0.119. The van der Waals surface area contributed by atoms with E-state index >= 15 is 0 Å². The van der Waals surface area contributed by atoms with Crippen LogP contribution < -0.4 is 4.90 Å². The molecule has 0 unspecified atom stereocenters. The van der Waals surface area contributed by atoms with E-state index in [1.807, 2.05) is 11.3 Å². The highest BCUT2D eigenvalue weighted by molar-refractivity contribution is 7.25. The molecule has 58 heavy (non-hydrogen) atoms. The van der Waals surface area contributed by atoms with Gasteiger partial charge in [-0.05, 0) is 110 Å². The summed E-state index contributed by atoms with van der Waals surface area (Å²) in [6.45, 7) is 4.70. The lowest BCUT2D eigenvalue weighted by Gasteiger charge is -2.28. The van der Waals surface area contributed by atoms with Crippen molar-refractivity contribution in [3.8, 4) is 33.4 Å². The van der Waals surface area contributed by atoms with Gasteiger partial charge < -0.3 is 9.32 Å². The molecule has 0 radical (unpaired) electrons. The predicted molar refractivity (Wildman–Crippen MR) is 247 cm³/mol. The fourth-order valence-corrected chi connectivity index (χ4v) is 10.8. The number of hydrogen-bond acceptors (Lipinski definition) is 3. The molecular formula is C55H37NOS. The van der Waals surface area contributed by atoms with Crippen molar-refractivity contribution in [3.63, 3.8) is 0 Å². The van der Waals surface area contributed by atoms with Crippen LogP contribution in [0.2, 0.25) is 0 Å². The Kier molecular flexibility index (Phi) is 7.18. The maximum absolute atomic E-state index is 6.97. The standard InChI is InChI=1S/C55H37NOS/c1-55(2)47-20-10-8-16-40(47)41-29-27-37(31-48(41)55)56(36-25-23-35(24-26-36)34-13-4-3-5-14-34)38-28-30-44-49(32-38)57-50-33-46(39-15-6-7-17-42(39)53(44)50)43-19-12-22-52-54(43)45-18-9-11-21-51(45)58-52/h3-33H,1-2H3. The van der Waals surface area contributed by atoms with Gasteiger partial charge in [0.15, 0.2) is 0 Å². The number of hydrogen-bond donors (Lipinski definition) is 0. The number of rotatable bonds is 5. The van der Waals surface area contributed by atoms with Crippen LogP contribution in [0.5, 0.6) is 0 Å². The van der Waals surface area contributed by atoms with E-state index in [0.29, 0.717) is 0 Å². The Morgan fingerprint density at radius 3 is 1.90 bits per heavy atom. The molecule has 1 aliphatic rings. The molecule has 1 aliphatic carbocycles. The first-order valence-electron chi connectivity index (χ1n) is 20.0. The van der Waals surface area contributed by atoms with Gasteiger partial charge in [-0.1, -0.05) is 141 Å². The molecule has 2 aromatic heterocycles. The van der Waals surface area contributed by atoms with Gasteiger partial charge in [0, 0.05) is 59.5 Å². The van der Waals surface area contributed by atoms with Crippen molar-refractivity contribution in [1.82, 2.24) is 0 Å². The molecule has 0 aliphatic heterocycles. The fraction of sp³-hybridized carbons (Fsp3) is 0.0545. The SMILES string of the molecule is CC1(C)c2ccccc2-c2ccc(N(c3ccc(-c4ccccc4)cc3)c3ccc4c(c3)oc3cc(-c5cccc6sc7ccccc7c56)c5ccccc5c34)cc21. The normalized spacial score (nSPS) is 13.1. The van der Waals surface area contributed by atoms with Crippen LogP contribution in [0.15, 0.2) is 192 Å². The zero-order valence-corrected chi connectivity index (χ0v) is 33.0. The number of furan rings is 1. The maximum atomic E-state index is 6.97. The second kappa shape index (κ2) is 12.5. The summed E-state index contributed by atoms with van der Waals surface area (Å²) in [5.74, 6) is 0. The number of fused-ring (bicyclic) bond motifs is 11. The van der Waals surface area contributed by atoms with Gasteiger partial charge >= 0.3 is 0 Å². The Morgan fingerprint density at radius 2 is 1.03 bits per heavy atom. The molecule has 11 aromatic rings. The topological polar surface area (TPSA) is 16.4 Å². The summed E-state index contributed by atoms with van der Waals surface area (Å²) in [6, 6.07) is 68.7. The van der Waals surface area contributed by atoms with E-state index in [-0.39, 0.29) is 5.41 Å². The second-order valence-electron chi connectivity index (χ2n) is 16.1. The molecule has 0 fully saturated rings. The van der Waals surface area contributed by atoms with Crippen molar-refractivity contribution in [2.45, 2.75) is 19.3 Å².